The maximum Gasteiger partial charge on any atom is 0.335 e. The summed E-state index contributed by atoms with van der Waals surface area (Å²) in [6, 6.07) is 4.47. The van der Waals surface area contributed by atoms with Crippen LogP contribution in [0.3, 0.4) is 0 Å². The van der Waals surface area contributed by atoms with E-state index in [2.05, 4.69) is 5.43 Å². The predicted octanol–water partition coefficient (Wildman–Crippen LogP) is 0.252. The molecule has 7 heteroatoms. The van der Waals surface area contributed by atoms with Crippen LogP contribution in [-0.2, 0) is 0 Å². The lowest BCUT2D eigenvalue weighted by molar-refractivity contribution is -0.385. The number of nitrogens with two attached hydrogens (primary N) is 1. The lowest BCUT2D eigenvalue weighted by Gasteiger charge is -2.07. The second kappa shape index (κ2) is 5.13. The molecule has 0 saturated carbocycles. The zero-order valence-corrected chi connectivity index (χ0v) is 7.84. The van der Waals surface area contributed by atoms with Gasteiger partial charge in [0.25, 0.3) is 0 Å². The molecule has 7 nitrogen and oxygen atoms in total. The molecular formula is C8H11N3O4. The van der Waals surface area contributed by atoms with Gasteiger partial charge in [-0.05, 0) is 12.1 Å². The molecule has 0 heterocycles. The van der Waals surface area contributed by atoms with Crippen molar-refractivity contribution in [2.24, 2.45) is 5.84 Å². The van der Waals surface area contributed by atoms with E-state index in [1.54, 1.807) is 6.07 Å². The smallest absolute Gasteiger partial charge is 0.335 e. The van der Waals surface area contributed by atoms with Crippen molar-refractivity contribution in [2.45, 2.75) is 0 Å². The fourth-order valence-corrected chi connectivity index (χ4v) is 1.10. The van der Waals surface area contributed by atoms with Crippen LogP contribution in [0.4, 0.5) is 11.4 Å². The summed E-state index contributed by atoms with van der Waals surface area (Å²) >= 11 is 0. The van der Waals surface area contributed by atoms with E-state index in [-0.39, 0.29) is 30.3 Å². The number of aliphatic hydroxyl groups excluding tert-OH is 1. The highest BCUT2D eigenvalue weighted by Gasteiger charge is 2.20. The Labute approximate surface area is 85.6 Å². The number of anilines is 1. The number of ether oxygens (including phenoxy) is 1. The van der Waals surface area contributed by atoms with E-state index in [0.717, 1.165) is 0 Å². The third-order valence-corrected chi connectivity index (χ3v) is 1.69. The van der Waals surface area contributed by atoms with Crippen molar-refractivity contribution in [3.05, 3.63) is 28.3 Å². The van der Waals surface area contributed by atoms with Crippen molar-refractivity contribution in [2.75, 3.05) is 18.6 Å². The normalized spacial score (nSPS) is 9.73. The maximum atomic E-state index is 10.7. The first-order chi connectivity index (χ1) is 7.20. The fraction of sp³-hybridized carbons (Fsp3) is 0.250. The largest absolute Gasteiger partial charge is 0.484 e. The van der Waals surface area contributed by atoms with Gasteiger partial charge in [-0.1, -0.05) is 6.07 Å². The second-order valence-corrected chi connectivity index (χ2v) is 2.63. The summed E-state index contributed by atoms with van der Waals surface area (Å²) in [5.41, 5.74) is 2.13. The molecule has 0 unspecified atom stereocenters. The number of nitrogen functional groups attached to an aromatic ring is 1. The number of nitro groups is 1. The fourth-order valence-electron chi connectivity index (χ4n) is 1.10. The maximum absolute atomic E-state index is 10.7. The monoisotopic (exact) mass is 213 g/mol. The highest BCUT2D eigenvalue weighted by molar-refractivity contribution is 5.67. The van der Waals surface area contributed by atoms with Gasteiger partial charge in [0.1, 0.15) is 12.3 Å². The Morgan fingerprint density at radius 3 is 2.87 bits per heavy atom. The van der Waals surface area contributed by atoms with Gasteiger partial charge < -0.3 is 15.3 Å². The van der Waals surface area contributed by atoms with Crippen LogP contribution in [0.15, 0.2) is 18.2 Å². The summed E-state index contributed by atoms with van der Waals surface area (Å²) in [6.07, 6.45) is 0. The van der Waals surface area contributed by atoms with E-state index >= 15 is 0 Å². The average molecular weight is 213 g/mol. The van der Waals surface area contributed by atoms with Gasteiger partial charge in [-0.3, -0.25) is 16.0 Å². The molecule has 0 saturated heterocycles. The third-order valence-electron chi connectivity index (χ3n) is 1.69. The highest BCUT2D eigenvalue weighted by atomic mass is 16.6. The summed E-state index contributed by atoms with van der Waals surface area (Å²) in [6.45, 7) is -0.216. The van der Waals surface area contributed by atoms with E-state index in [4.69, 9.17) is 15.7 Å². The van der Waals surface area contributed by atoms with Crippen LogP contribution < -0.4 is 16.0 Å². The molecule has 0 radical (unpaired) electrons. The van der Waals surface area contributed by atoms with Crippen LogP contribution in [0.2, 0.25) is 0 Å². The van der Waals surface area contributed by atoms with Gasteiger partial charge in [0.15, 0.2) is 5.75 Å². The Morgan fingerprint density at radius 2 is 2.33 bits per heavy atom. The molecule has 4 N–H and O–H groups in total. The Balaban J connectivity index is 3.07. The average Bonchev–Trinajstić information content (AvgIpc) is 2.25. The van der Waals surface area contributed by atoms with Crippen LogP contribution in [0, 0.1) is 10.1 Å². The first kappa shape index (κ1) is 11.2. The SMILES string of the molecule is NNc1cccc(OCCO)c1[N+](=O)[O-]. The van der Waals surface area contributed by atoms with Gasteiger partial charge in [-0.2, -0.15) is 0 Å². The molecule has 1 aromatic carbocycles. The minimum absolute atomic E-state index is 0.00509. The number of nitro benzene ring substituents is 1. The van der Waals surface area contributed by atoms with Gasteiger partial charge in [0, 0.05) is 0 Å². The molecule has 15 heavy (non-hydrogen) atoms. The summed E-state index contributed by atoms with van der Waals surface area (Å²) in [7, 11) is 0. The molecule has 0 spiro atoms. The van der Waals surface area contributed by atoms with Crippen LogP contribution in [-0.4, -0.2) is 23.2 Å². The molecule has 82 valence electrons. The number of hydrogen-bond donors (Lipinski definition) is 3. The number of para-hydroxylation sites is 1. The van der Waals surface area contributed by atoms with Crippen molar-refractivity contribution >= 4 is 11.4 Å². The van der Waals surface area contributed by atoms with Gasteiger partial charge >= 0.3 is 5.69 Å². The summed E-state index contributed by atoms with van der Waals surface area (Å²) in [5.74, 6) is 5.20. The standard InChI is InChI=1S/C8H11N3O4/c9-10-6-2-1-3-7(15-5-4-12)8(6)11(13)14/h1-3,10,12H,4-5,9H2. The van der Waals surface area contributed by atoms with E-state index < -0.39 is 4.92 Å². The minimum atomic E-state index is -0.595. The summed E-state index contributed by atoms with van der Waals surface area (Å²) < 4.78 is 5.00. The number of benzene rings is 1. The minimum Gasteiger partial charge on any atom is -0.484 e. The lowest BCUT2D eigenvalue weighted by atomic mass is 10.2. The van der Waals surface area contributed by atoms with E-state index in [1.165, 1.54) is 12.1 Å². The van der Waals surface area contributed by atoms with Gasteiger partial charge in [-0.25, -0.2) is 0 Å². The molecule has 0 fully saturated rings. The summed E-state index contributed by atoms with van der Waals surface area (Å²) in [5, 5.41) is 19.3. The van der Waals surface area contributed by atoms with Crippen molar-refractivity contribution in [1.29, 1.82) is 0 Å². The van der Waals surface area contributed by atoms with E-state index in [9.17, 15) is 10.1 Å². The molecule has 1 aromatic rings. The van der Waals surface area contributed by atoms with Gasteiger partial charge in [0.05, 0.1) is 11.5 Å². The number of hydrazine groups is 1. The molecule has 0 bridgehead atoms. The number of hydrogen-bond acceptors (Lipinski definition) is 6. The highest BCUT2D eigenvalue weighted by Crippen LogP contribution is 2.33. The third kappa shape index (κ3) is 2.55. The topological polar surface area (TPSA) is 111 Å². The molecule has 0 aromatic heterocycles. The zero-order chi connectivity index (χ0) is 11.3. The number of aliphatic hydroxyl groups is 1. The van der Waals surface area contributed by atoms with E-state index in [0.29, 0.717) is 0 Å². The molecule has 0 aliphatic carbocycles. The summed E-state index contributed by atoms with van der Waals surface area (Å²) in [4.78, 5) is 10.1. The van der Waals surface area contributed by atoms with Crippen molar-refractivity contribution < 1.29 is 14.8 Å². The first-order valence-electron chi connectivity index (χ1n) is 4.18. The second-order valence-electron chi connectivity index (χ2n) is 2.63. The Kier molecular flexibility index (Phi) is 3.83. The van der Waals surface area contributed by atoms with Gasteiger partial charge in [-0.15, -0.1) is 0 Å². The Morgan fingerprint density at radius 1 is 1.60 bits per heavy atom. The molecule has 1 rings (SSSR count). The number of nitrogens with one attached hydrogen (secondary N) is 1. The molecule has 0 aliphatic rings. The zero-order valence-electron chi connectivity index (χ0n) is 7.84. The van der Waals surface area contributed by atoms with Crippen LogP contribution in [0.5, 0.6) is 5.75 Å². The molecular weight excluding hydrogens is 202 g/mol. The van der Waals surface area contributed by atoms with Crippen LogP contribution >= 0.6 is 0 Å². The van der Waals surface area contributed by atoms with Crippen molar-refractivity contribution in [1.82, 2.24) is 0 Å². The molecule has 0 amide bonds. The Hall–Kier alpha value is -1.86. The molecule has 0 aliphatic heterocycles. The van der Waals surface area contributed by atoms with Crippen molar-refractivity contribution in [3.63, 3.8) is 0 Å². The van der Waals surface area contributed by atoms with Crippen LogP contribution in [0.25, 0.3) is 0 Å². The van der Waals surface area contributed by atoms with E-state index in [1.807, 2.05) is 0 Å². The van der Waals surface area contributed by atoms with Crippen molar-refractivity contribution in [3.8, 4) is 5.75 Å². The van der Waals surface area contributed by atoms with Gasteiger partial charge in [0.2, 0.25) is 0 Å². The first-order valence-corrected chi connectivity index (χ1v) is 4.18. The molecule has 0 atom stereocenters. The predicted molar refractivity (Wildman–Crippen MR) is 53.5 cm³/mol. The number of nitrogens with zero attached hydrogens (tertiary/aromatic N) is 1. The number of rotatable bonds is 5. The lowest BCUT2D eigenvalue weighted by Crippen LogP contribution is -2.10. The quantitative estimate of drug-likeness (QED) is 0.367. The Bertz CT molecular complexity index is 356. The van der Waals surface area contributed by atoms with Crippen LogP contribution in [0.1, 0.15) is 0 Å².